The van der Waals surface area contributed by atoms with E-state index >= 15 is 0 Å². The van der Waals surface area contributed by atoms with E-state index in [2.05, 4.69) is 10.3 Å². The minimum atomic E-state index is -0.554. The van der Waals surface area contributed by atoms with Crippen LogP contribution in [-0.4, -0.2) is 35.2 Å². The van der Waals surface area contributed by atoms with Gasteiger partial charge in [0, 0.05) is 28.6 Å². The molecule has 28 heavy (non-hydrogen) atoms. The molecule has 152 valence electrons. The average Bonchev–Trinajstić information content (AvgIpc) is 3.02. The number of carbonyl (C=O) groups is 2. The van der Waals surface area contributed by atoms with Crippen molar-refractivity contribution in [2.75, 3.05) is 6.54 Å². The maximum Gasteiger partial charge on any atom is 0.254 e. The molecule has 1 aliphatic heterocycles. The second-order valence-electron chi connectivity index (χ2n) is 8.00. The number of aliphatic hydroxyl groups excluding tert-OH is 1. The maximum atomic E-state index is 12.7. The van der Waals surface area contributed by atoms with Crippen LogP contribution in [0.2, 0.25) is 0 Å². The van der Waals surface area contributed by atoms with Gasteiger partial charge in [-0.05, 0) is 64.0 Å². The molecule has 2 unspecified atom stereocenters. The standard InChI is InChI=1S/C21H29N3O3S/c1-11-8-12(2)24-21(27)16(11)9-23-20(26)17-10-28-19(13(17)3)18(25)14-4-6-15(22)7-5-14/h8,10,14-16,18,25H,4-7,9,22H2,1-3H3,(H,23,26). The topological polar surface area (TPSA) is 105 Å². The molecule has 0 saturated heterocycles. The van der Waals surface area contributed by atoms with Crippen LogP contribution < -0.4 is 11.1 Å². The molecule has 1 saturated carbocycles. The predicted octanol–water partition coefficient (Wildman–Crippen LogP) is 2.90. The van der Waals surface area contributed by atoms with Gasteiger partial charge in [0.05, 0.1) is 17.6 Å². The first-order chi connectivity index (χ1) is 13.3. The van der Waals surface area contributed by atoms with Crippen LogP contribution in [0.4, 0.5) is 0 Å². The Labute approximate surface area is 169 Å². The average molecular weight is 404 g/mol. The largest absolute Gasteiger partial charge is 0.387 e. The number of nitrogens with zero attached hydrogens (tertiary/aromatic N) is 1. The molecule has 2 heterocycles. The highest BCUT2D eigenvalue weighted by molar-refractivity contribution is 7.10. The Hall–Kier alpha value is -1.83. The lowest BCUT2D eigenvalue weighted by atomic mass is 9.82. The molecule has 1 aromatic heterocycles. The second-order valence-corrected chi connectivity index (χ2v) is 8.91. The maximum absolute atomic E-state index is 12.7. The zero-order valence-corrected chi connectivity index (χ0v) is 17.5. The van der Waals surface area contributed by atoms with E-state index in [1.54, 1.807) is 12.3 Å². The molecule has 1 fully saturated rings. The van der Waals surface area contributed by atoms with Crippen molar-refractivity contribution in [1.82, 2.24) is 5.32 Å². The summed E-state index contributed by atoms with van der Waals surface area (Å²) in [4.78, 5) is 29.6. The smallest absolute Gasteiger partial charge is 0.254 e. The highest BCUT2D eigenvalue weighted by Gasteiger charge is 2.30. The number of nitrogens with one attached hydrogen (secondary N) is 1. The third kappa shape index (κ3) is 4.42. The van der Waals surface area contributed by atoms with Crippen molar-refractivity contribution >= 4 is 28.9 Å². The van der Waals surface area contributed by atoms with Gasteiger partial charge in [0.1, 0.15) is 0 Å². The molecule has 2 atom stereocenters. The molecule has 6 nitrogen and oxygen atoms in total. The molecule has 7 heteroatoms. The Balaban J connectivity index is 1.64. The molecule has 0 bridgehead atoms. The molecule has 4 N–H and O–H groups in total. The van der Waals surface area contributed by atoms with Crippen molar-refractivity contribution in [3.8, 4) is 0 Å². The van der Waals surface area contributed by atoms with Crippen molar-refractivity contribution in [2.45, 2.75) is 58.6 Å². The predicted molar refractivity (Wildman–Crippen MR) is 112 cm³/mol. The number of hydrogen-bond donors (Lipinski definition) is 3. The molecule has 0 radical (unpaired) electrons. The lowest BCUT2D eigenvalue weighted by molar-refractivity contribution is -0.120. The van der Waals surface area contributed by atoms with Crippen molar-refractivity contribution in [3.63, 3.8) is 0 Å². The van der Waals surface area contributed by atoms with E-state index in [4.69, 9.17) is 5.73 Å². The number of allylic oxidation sites excluding steroid dienone is 1. The van der Waals surface area contributed by atoms with Gasteiger partial charge in [0.15, 0.2) is 0 Å². The van der Waals surface area contributed by atoms with Crippen molar-refractivity contribution < 1.29 is 14.7 Å². The number of aliphatic hydroxyl groups is 1. The van der Waals surface area contributed by atoms with Gasteiger partial charge in [-0.25, -0.2) is 4.99 Å². The zero-order valence-electron chi connectivity index (χ0n) is 16.7. The summed E-state index contributed by atoms with van der Waals surface area (Å²) >= 11 is 1.43. The zero-order chi connectivity index (χ0) is 20.4. The van der Waals surface area contributed by atoms with E-state index in [1.165, 1.54) is 11.3 Å². The minimum Gasteiger partial charge on any atom is -0.387 e. The molecule has 1 aromatic rings. The number of thiophene rings is 1. The highest BCUT2D eigenvalue weighted by Crippen LogP contribution is 2.38. The molecule has 0 spiro atoms. The first-order valence-corrected chi connectivity index (χ1v) is 10.7. The van der Waals surface area contributed by atoms with Gasteiger partial charge >= 0.3 is 0 Å². The summed E-state index contributed by atoms with van der Waals surface area (Å²) in [5, 5.41) is 15.5. The van der Waals surface area contributed by atoms with Gasteiger partial charge in [-0.3, -0.25) is 9.59 Å². The second kappa shape index (κ2) is 8.68. The number of hydrogen-bond acceptors (Lipinski definition) is 5. The number of rotatable bonds is 5. The van der Waals surface area contributed by atoms with Crippen LogP contribution in [0.1, 0.15) is 66.4 Å². The van der Waals surface area contributed by atoms with Crippen LogP contribution in [0.3, 0.4) is 0 Å². The Morgan fingerprint density at radius 3 is 2.64 bits per heavy atom. The van der Waals surface area contributed by atoms with Gasteiger partial charge < -0.3 is 16.2 Å². The fraction of sp³-hybridized carbons (Fsp3) is 0.571. The van der Waals surface area contributed by atoms with E-state index < -0.39 is 12.0 Å². The van der Waals surface area contributed by atoms with E-state index in [9.17, 15) is 14.7 Å². The fourth-order valence-corrected chi connectivity index (χ4v) is 5.22. The summed E-state index contributed by atoms with van der Waals surface area (Å²) in [6, 6.07) is 0.238. The van der Waals surface area contributed by atoms with Gasteiger partial charge in [0.2, 0.25) is 0 Å². The van der Waals surface area contributed by atoms with Gasteiger partial charge in [-0.2, -0.15) is 0 Å². The van der Waals surface area contributed by atoms with E-state index in [-0.39, 0.29) is 30.3 Å². The van der Waals surface area contributed by atoms with Crippen LogP contribution in [0.25, 0.3) is 0 Å². The molecule has 0 aromatic carbocycles. The molecule has 3 rings (SSSR count). The first kappa shape index (κ1) is 20.9. The monoisotopic (exact) mass is 403 g/mol. The summed E-state index contributed by atoms with van der Waals surface area (Å²) in [5.41, 5.74) is 8.95. The Morgan fingerprint density at radius 1 is 1.32 bits per heavy atom. The number of dihydropyridines is 1. The molecule has 2 amide bonds. The normalized spacial score (nSPS) is 26.5. The summed E-state index contributed by atoms with van der Waals surface area (Å²) in [7, 11) is 0. The first-order valence-electron chi connectivity index (χ1n) is 9.85. The van der Waals surface area contributed by atoms with Crippen LogP contribution in [0.15, 0.2) is 22.0 Å². The Morgan fingerprint density at radius 2 is 2.00 bits per heavy atom. The molecule has 2 aliphatic rings. The van der Waals surface area contributed by atoms with Crippen LogP contribution in [-0.2, 0) is 4.79 Å². The number of carbonyl (C=O) groups excluding carboxylic acids is 2. The van der Waals surface area contributed by atoms with E-state index in [0.717, 1.165) is 41.7 Å². The quantitative estimate of drug-likeness (QED) is 0.703. The number of aliphatic imine (C=N–C) groups is 1. The van der Waals surface area contributed by atoms with Gasteiger partial charge in [0.25, 0.3) is 11.8 Å². The third-order valence-electron chi connectivity index (χ3n) is 5.89. The lowest BCUT2D eigenvalue weighted by Gasteiger charge is -2.29. The van der Waals surface area contributed by atoms with Gasteiger partial charge in [-0.1, -0.05) is 5.57 Å². The highest BCUT2D eigenvalue weighted by atomic mass is 32.1. The van der Waals surface area contributed by atoms with Crippen LogP contribution in [0, 0.1) is 18.8 Å². The third-order valence-corrected chi connectivity index (χ3v) is 7.05. The Kier molecular flexibility index (Phi) is 6.47. The molecule has 1 aliphatic carbocycles. The van der Waals surface area contributed by atoms with E-state index in [1.807, 2.05) is 19.9 Å². The van der Waals surface area contributed by atoms with Gasteiger partial charge in [-0.15, -0.1) is 11.3 Å². The molecular formula is C21H29N3O3S. The van der Waals surface area contributed by atoms with Crippen LogP contribution in [0.5, 0.6) is 0 Å². The lowest BCUT2D eigenvalue weighted by Crippen LogP contribution is -2.34. The van der Waals surface area contributed by atoms with E-state index in [0.29, 0.717) is 11.3 Å². The SMILES string of the molecule is CC1=CC(C)=NC(=O)C1CNC(=O)c1csc(C(O)C2CCC(N)CC2)c1C. The summed E-state index contributed by atoms with van der Waals surface area (Å²) in [6.45, 7) is 5.78. The van der Waals surface area contributed by atoms with Crippen molar-refractivity contribution in [2.24, 2.45) is 22.6 Å². The number of amides is 2. The summed E-state index contributed by atoms with van der Waals surface area (Å²) in [5.74, 6) is -0.652. The molecular weight excluding hydrogens is 374 g/mol. The number of nitrogens with two attached hydrogens (primary N) is 1. The van der Waals surface area contributed by atoms with Crippen molar-refractivity contribution in [3.05, 3.63) is 33.0 Å². The van der Waals surface area contributed by atoms with Crippen molar-refractivity contribution in [1.29, 1.82) is 0 Å². The summed E-state index contributed by atoms with van der Waals surface area (Å²) < 4.78 is 0. The fourth-order valence-electron chi connectivity index (χ4n) is 4.07. The summed E-state index contributed by atoms with van der Waals surface area (Å²) in [6.07, 6.45) is 5.01. The van der Waals surface area contributed by atoms with Crippen LogP contribution >= 0.6 is 11.3 Å². The minimum absolute atomic E-state index is 0.196. The Bertz CT molecular complexity index is 819.